The minimum Gasteiger partial charge on any atom is -0.871 e. The van der Waals surface area contributed by atoms with Crippen molar-refractivity contribution in [3.05, 3.63) is 83.4 Å². The molecule has 3 aromatic carbocycles. The van der Waals surface area contributed by atoms with Gasteiger partial charge in [0, 0.05) is 5.69 Å². The summed E-state index contributed by atoms with van der Waals surface area (Å²) in [6.07, 6.45) is 0. The predicted octanol–water partition coefficient (Wildman–Crippen LogP) is 3.05. The van der Waals surface area contributed by atoms with Crippen LogP contribution in [0.1, 0.15) is 31.1 Å². The number of aromatic carboxylic acids is 1. The molecule has 0 unspecified atom stereocenters. The van der Waals surface area contributed by atoms with Crippen LogP contribution in [0.4, 0.5) is 5.69 Å². The van der Waals surface area contributed by atoms with Gasteiger partial charge >= 0.3 is 5.97 Å². The van der Waals surface area contributed by atoms with Gasteiger partial charge in [-0.15, -0.1) is 0 Å². The van der Waals surface area contributed by atoms with Crippen molar-refractivity contribution in [1.29, 1.82) is 0 Å². The number of amides is 2. The van der Waals surface area contributed by atoms with Gasteiger partial charge in [0.15, 0.2) is 0 Å². The highest BCUT2D eigenvalue weighted by Gasteiger charge is 2.37. The van der Waals surface area contributed by atoms with Crippen LogP contribution in [0.25, 0.3) is 0 Å². The summed E-state index contributed by atoms with van der Waals surface area (Å²) in [5.74, 6) is -1.96. The second-order valence-electron chi connectivity index (χ2n) is 6.05. The molecule has 0 spiro atoms. The third-order valence-corrected chi connectivity index (χ3v) is 4.30. The maximum absolute atomic E-state index is 12.7. The first kappa shape index (κ1) is 17.3. The summed E-state index contributed by atoms with van der Waals surface area (Å²) in [7, 11) is 0. The van der Waals surface area contributed by atoms with E-state index in [-0.39, 0.29) is 22.4 Å². The van der Waals surface area contributed by atoms with E-state index in [9.17, 15) is 19.5 Å². The van der Waals surface area contributed by atoms with E-state index in [4.69, 9.17) is 9.84 Å². The Bertz CT molecular complexity index is 1120. The lowest BCUT2D eigenvalue weighted by Gasteiger charge is -2.20. The number of imide groups is 1. The molecule has 0 fully saturated rings. The Morgan fingerprint density at radius 2 is 1.50 bits per heavy atom. The Balaban J connectivity index is 1.64. The van der Waals surface area contributed by atoms with E-state index >= 15 is 0 Å². The second-order valence-corrected chi connectivity index (χ2v) is 6.05. The van der Waals surface area contributed by atoms with Crippen LogP contribution < -0.4 is 14.7 Å². The summed E-state index contributed by atoms with van der Waals surface area (Å²) in [6.45, 7) is 0. The quantitative estimate of drug-likeness (QED) is 0.704. The fourth-order valence-corrected chi connectivity index (χ4v) is 2.95. The van der Waals surface area contributed by atoms with Crippen molar-refractivity contribution >= 4 is 23.5 Å². The van der Waals surface area contributed by atoms with Crippen LogP contribution in [0.2, 0.25) is 0 Å². The average molecular weight is 374 g/mol. The number of nitrogens with zero attached hydrogens (tertiary/aromatic N) is 1. The smallest absolute Gasteiger partial charge is 0.335 e. The molecular formula is C21H12NO6-. The van der Waals surface area contributed by atoms with Gasteiger partial charge in [-0.2, -0.15) is 0 Å². The Morgan fingerprint density at radius 1 is 0.857 bits per heavy atom. The molecule has 1 N–H and O–H groups in total. The molecule has 0 aliphatic carbocycles. The molecule has 0 aromatic heterocycles. The van der Waals surface area contributed by atoms with E-state index < -0.39 is 23.5 Å². The lowest BCUT2D eigenvalue weighted by atomic mass is 10.1. The van der Waals surface area contributed by atoms with Crippen molar-refractivity contribution in [3.8, 4) is 17.2 Å². The van der Waals surface area contributed by atoms with Crippen LogP contribution in [0, 0.1) is 0 Å². The van der Waals surface area contributed by atoms with Gasteiger partial charge < -0.3 is 14.9 Å². The highest BCUT2D eigenvalue weighted by atomic mass is 16.5. The topological polar surface area (TPSA) is 107 Å². The number of ether oxygens (including phenoxy) is 1. The van der Waals surface area contributed by atoms with Gasteiger partial charge in [0.2, 0.25) is 0 Å². The summed E-state index contributed by atoms with van der Waals surface area (Å²) < 4.78 is 5.65. The van der Waals surface area contributed by atoms with E-state index in [1.54, 1.807) is 6.07 Å². The van der Waals surface area contributed by atoms with Crippen LogP contribution in [-0.2, 0) is 0 Å². The Kier molecular flexibility index (Phi) is 4.04. The lowest BCUT2D eigenvalue weighted by molar-refractivity contribution is -0.267. The number of anilines is 1. The molecule has 2 amide bonds. The number of rotatable bonds is 4. The fraction of sp³-hybridized carbons (Fsp3) is 0. The highest BCUT2D eigenvalue weighted by Crippen LogP contribution is 2.35. The largest absolute Gasteiger partial charge is 0.871 e. The Labute approximate surface area is 159 Å². The van der Waals surface area contributed by atoms with Gasteiger partial charge in [0.1, 0.15) is 11.5 Å². The summed E-state index contributed by atoms with van der Waals surface area (Å²) in [6, 6.07) is 16.0. The van der Waals surface area contributed by atoms with Crippen LogP contribution in [-0.4, -0.2) is 22.9 Å². The number of para-hydroxylation sites is 2. The van der Waals surface area contributed by atoms with E-state index in [0.29, 0.717) is 11.5 Å². The number of carbonyl (C=O) groups is 3. The van der Waals surface area contributed by atoms with Crippen LogP contribution in [0.5, 0.6) is 17.2 Å². The predicted molar refractivity (Wildman–Crippen MR) is 96.9 cm³/mol. The lowest BCUT2D eigenvalue weighted by Crippen LogP contribution is -2.30. The first-order chi connectivity index (χ1) is 13.5. The fourth-order valence-electron chi connectivity index (χ4n) is 2.95. The summed E-state index contributed by atoms with van der Waals surface area (Å²) >= 11 is 0. The number of fused-ring (bicyclic) bond motifs is 1. The number of carboxylic acid groups (broad SMARTS) is 1. The Morgan fingerprint density at radius 3 is 2.18 bits per heavy atom. The molecule has 0 atom stereocenters. The normalized spacial score (nSPS) is 12.8. The van der Waals surface area contributed by atoms with Crippen molar-refractivity contribution in [1.82, 2.24) is 0 Å². The van der Waals surface area contributed by atoms with Crippen LogP contribution in [0.15, 0.2) is 66.7 Å². The first-order valence-electron chi connectivity index (χ1n) is 8.26. The van der Waals surface area contributed by atoms with Crippen molar-refractivity contribution in [2.24, 2.45) is 0 Å². The number of hydrogen-bond donors (Lipinski definition) is 1. The molecule has 1 aliphatic rings. The molecule has 28 heavy (non-hydrogen) atoms. The minimum absolute atomic E-state index is 0.000396. The molecule has 0 saturated carbocycles. The zero-order valence-corrected chi connectivity index (χ0v) is 14.3. The monoisotopic (exact) mass is 374 g/mol. The molecule has 1 heterocycles. The summed E-state index contributed by atoms with van der Waals surface area (Å²) in [5, 5.41) is 20.9. The number of hydrogen-bond acceptors (Lipinski definition) is 5. The average Bonchev–Trinajstić information content (AvgIpc) is 2.93. The van der Waals surface area contributed by atoms with Gasteiger partial charge in [-0.1, -0.05) is 23.9 Å². The third-order valence-electron chi connectivity index (χ3n) is 4.30. The van der Waals surface area contributed by atoms with Crippen LogP contribution >= 0.6 is 0 Å². The summed E-state index contributed by atoms with van der Waals surface area (Å²) in [5.41, 5.74) is 0.434. The molecular weight excluding hydrogens is 362 g/mol. The van der Waals surface area contributed by atoms with Crippen molar-refractivity contribution in [2.45, 2.75) is 0 Å². The molecule has 138 valence electrons. The molecule has 7 nitrogen and oxygen atoms in total. The van der Waals surface area contributed by atoms with Crippen LogP contribution in [0.3, 0.4) is 0 Å². The minimum atomic E-state index is -1.05. The third kappa shape index (κ3) is 2.84. The van der Waals surface area contributed by atoms with Gasteiger partial charge in [-0.05, 0) is 48.5 Å². The van der Waals surface area contributed by atoms with Crippen molar-refractivity contribution in [3.63, 3.8) is 0 Å². The molecule has 1 aliphatic heterocycles. The van der Waals surface area contributed by atoms with Crippen molar-refractivity contribution in [2.75, 3.05) is 4.90 Å². The van der Waals surface area contributed by atoms with Gasteiger partial charge in [-0.25, -0.2) is 9.69 Å². The number of carbonyl (C=O) groups excluding carboxylic acids is 2. The summed E-state index contributed by atoms with van der Waals surface area (Å²) in [4.78, 5) is 37.1. The highest BCUT2D eigenvalue weighted by molar-refractivity contribution is 6.34. The van der Waals surface area contributed by atoms with Gasteiger partial charge in [-0.3, -0.25) is 9.59 Å². The molecule has 0 radical (unpaired) electrons. The zero-order chi connectivity index (χ0) is 19.8. The van der Waals surface area contributed by atoms with Gasteiger partial charge in [0.25, 0.3) is 11.8 Å². The maximum atomic E-state index is 12.7. The molecule has 7 heteroatoms. The zero-order valence-electron chi connectivity index (χ0n) is 14.3. The number of carboxylic acids is 1. The standard InChI is InChI=1S/C21H13NO6/c23-18-4-2-1-3-17(18)22-19(24)15-10-9-14(11-16(15)20(22)25)28-13-7-5-12(6-8-13)21(26)27/h1-11,23H,(H,26,27)/p-1. The van der Waals surface area contributed by atoms with E-state index in [1.165, 1.54) is 60.7 Å². The van der Waals surface area contributed by atoms with Gasteiger partial charge in [0.05, 0.1) is 16.7 Å². The van der Waals surface area contributed by atoms with E-state index in [0.717, 1.165) is 4.90 Å². The molecule has 4 rings (SSSR count). The van der Waals surface area contributed by atoms with E-state index in [2.05, 4.69) is 0 Å². The Hall–Kier alpha value is -4.13. The second kappa shape index (κ2) is 6.55. The first-order valence-corrected chi connectivity index (χ1v) is 8.26. The van der Waals surface area contributed by atoms with Crippen molar-refractivity contribution < 1.29 is 29.3 Å². The van der Waals surface area contributed by atoms with E-state index in [1.807, 2.05) is 0 Å². The molecule has 3 aromatic rings. The molecule has 0 bridgehead atoms. The molecule has 0 saturated heterocycles. The maximum Gasteiger partial charge on any atom is 0.335 e. The SMILES string of the molecule is O=C(O)c1ccc(Oc2ccc3c(c2)C(=O)N(c2ccccc2[O-])C3=O)cc1. The number of benzene rings is 3.